The van der Waals surface area contributed by atoms with Gasteiger partial charge in [-0.15, -0.1) is 0 Å². The van der Waals surface area contributed by atoms with Gasteiger partial charge in [0.05, 0.1) is 0 Å². The standard InChI is InChI=1S/C24H20N2O4S/c1-16(17-8-3-2-4-9-17)29-20-12-7-11-19(15-20)25-24(28)26-31-23(27)22-14-18-10-5-6-13-21(18)30-22/h2-16H,1H3,(H2,25,26,28)/t16-/m1/s1. The van der Waals surface area contributed by atoms with E-state index in [9.17, 15) is 9.59 Å². The Morgan fingerprint density at radius 1 is 0.935 bits per heavy atom. The number of carbonyl (C=O) groups excluding carboxylic acids is 2. The molecule has 3 aromatic carbocycles. The first-order valence-corrected chi connectivity index (χ1v) is 10.5. The maximum absolute atomic E-state index is 12.3. The fraction of sp³-hybridized carbons (Fsp3) is 0.0833. The van der Waals surface area contributed by atoms with Gasteiger partial charge in [0, 0.05) is 29.1 Å². The van der Waals surface area contributed by atoms with Crippen LogP contribution in [0.5, 0.6) is 5.75 Å². The Morgan fingerprint density at radius 3 is 2.52 bits per heavy atom. The van der Waals surface area contributed by atoms with E-state index in [1.54, 1.807) is 30.3 Å². The molecule has 0 aliphatic carbocycles. The first-order chi connectivity index (χ1) is 15.1. The fourth-order valence-electron chi connectivity index (χ4n) is 3.03. The molecular formula is C24H20N2O4S. The van der Waals surface area contributed by atoms with Gasteiger partial charge in [-0.1, -0.05) is 54.6 Å². The van der Waals surface area contributed by atoms with Gasteiger partial charge in [0.15, 0.2) is 5.76 Å². The van der Waals surface area contributed by atoms with E-state index in [0.717, 1.165) is 10.9 Å². The van der Waals surface area contributed by atoms with Crippen molar-refractivity contribution in [2.24, 2.45) is 0 Å². The van der Waals surface area contributed by atoms with E-state index in [0.29, 0.717) is 29.0 Å². The topological polar surface area (TPSA) is 80.6 Å². The highest BCUT2D eigenvalue weighted by molar-refractivity contribution is 8.12. The minimum atomic E-state index is -0.525. The summed E-state index contributed by atoms with van der Waals surface area (Å²) in [6.45, 7) is 1.96. The number of ether oxygens (including phenoxy) is 1. The molecule has 0 saturated carbocycles. The maximum Gasteiger partial charge on any atom is 0.329 e. The van der Waals surface area contributed by atoms with E-state index in [-0.39, 0.29) is 17.0 Å². The molecule has 6 nitrogen and oxygen atoms in total. The molecule has 0 bridgehead atoms. The van der Waals surface area contributed by atoms with Gasteiger partial charge < -0.3 is 14.5 Å². The van der Waals surface area contributed by atoms with Gasteiger partial charge in [0.25, 0.3) is 5.12 Å². The molecule has 156 valence electrons. The van der Waals surface area contributed by atoms with Gasteiger partial charge >= 0.3 is 6.03 Å². The number of fused-ring (bicyclic) bond motifs is 1. The lowest BCUT2D eigenvalue weighted by molar-refractivity contribution is 0.106. The third kappa shape index (κ3) is 5.26. The van der Waals surface area contributed by atoms with Gasteiger partial charge in [-0.05, 0) is 36.8 Å². The van der Waals surface area contributed by atoms with Crippen LogP contribution in [-0.4, -0.2) is 11.1 Å². The van der Waals surface area contributed by atoms with Crippen molar-refractivity contribution in [3.05, 3.63) is 96.3 Å². The van der Waals surface area contributed by atoms with E-state index in [1.807, 2.05) is 61.5 Å². The molecule has 2 N–H and O–H groups in total. The summed E-state index contributed by atoms with van der Waals surface area (Å²) >= 11 is 0.658. The number of urea groups is 1. The summed E-state index contributed by atoms with van der Waals surface area (Å²) in [7, 11) is 0. The number of nitrogens with one attached hydrogen (secondary N) is 2. The van der Waals surface area contributed by atoms with E-state index in [4.69, 9.17) is 9.15 Å². The number of hydrogen-bond acceptors (Lipinski definition) is 5. The van der Waals surface area contributed by atoms with Gasteiger partial charge in [0.2, 0.25) is 0 Å². The average molecular weight is 433 g/mol. The third-order valence-electron chi connectivity index (χ3n) is 4.54. The highest BCUT2D eigenvalue weighted by Crippen LogP contribution is 2.25. The largest absolute Gasteiger partial charge is 0.486 e. The highest BCUT2D eigenvalue weighted by atomic mass is 32.2. The van der Waals surface area contributed by atoms with Crippen LogP contribution in [0.15, 0.2) is 89.3 Å². The number of rotatable bonds is 5. The van der Waals surface area contributed by atoms with Gasteiger partial charge in [-0.3, -0.25) is 9.52 Å². The van der Waals surface area contributed by atoms with Crippen LogP contribution in [-0.2, 0) is 0 Å². The Labute approximate surface area is 183 Å². The minimum absolute atomic E-state index is 0.137. The van der Waals surface area contributed by atoms with E-state index in [2.05, 4.69) is 10.0 Å². The van der Waals surface area contributed by atoms with Crippen molar-refractivity contribution in [2.75, 3.05) is 5.32 Å². The molecule has 1 atom stereocenters. The zero-order valence-corrected chi connectivity index (χ0v) is 17.5. The molecule has 1 heterocycles. The second-order valence-electron chi connectivity index (χ2n) is 6.79. The molecule has 0 fully saturated rings. The predicted molar refractivity (Wildman–Crippen MR) is 122 cm³/mol. The van der Waals surface area contributed by atoms with Crippen molar-refractivity contribution in [1.29, 1.82) is 0 Å². The molecule has 4 rings (SSSR count). The molecule has 7 heteroatoms. The van der Waals surface area contributed by atoms with Crippen molar-refractivity contribution in [1.82, 2.24) is 4.72 Å². The van der Waals surface area contributed by atoms with E-state index in [1.165, 1.54) is 0 Å². The first-order valence-electron chi connectivity index (χ1n) is 9.67. The number of hydrogen-bond donors (Lipinski definition) is 2. The summed E-state index contributed by atoms with van der Waals surface area (Å²) in [6, 6.07) is 25.4. The lowest BCUT2D eigenvalue weighted by Crippen LogP contribution is -2.24. The van der Waals surface area contributed by atoms with Crippen molar-refractivity contribution in [3.63, 3.8) is 0 Å². The van der Waals surface area contributed by atoms with Gasteiger partial charge in [-0.25, -0.2) is 4.79 Å². The molecule has 0 aliphatic rings. The number of para-hydroxylation sites is 1. The summed E-state index contributed by atoms with van der Waals surface area (Å²) < 4.78 is 14.0. The molecule has 1 aromatic heterocycles. The van der Waals surface area contributed by atoms with Crippen molar-refractivity contribution >= 4 is 39.8 Å². The van der Waals surface area contributed by atoms with Crippen molar-refractivity contribution in [3.8, 4) is 5.75 Å². The van der Waals surface area contributed by atoms with Crippen LogP contribution in [0.1, 0.15) is 29.1 Å². The Kier molecular flexibility index (Phi) is 6.24. The zero-order chi connectivity index (χ0) is 21.6. The number of furan rings is 1. The van der Waals surface area contributed by atoms with Crippen LogP contribution in [0.4, 0.5) is 10.5 Å². The number of carbonyl (C=O) groups is 2. The van der Waals surface area contributed by atoms with Crippen LogP contribution in [0.3, 0.4) is 0 Å². The molecule has 0 saturated heterocycles. The van der Waals surface area contributed by atoms with Gasteiger partial charge in [0.1, 0.15) is 17.4 Å². The van der Waals surface area contributed by atoms with Crippen LogP contribution >= 0.6 is 11.9 Å². The second kappa shape index (κ2) is 9.40. The quantitative estimate of drug-likeness (QED) is 0.368. The Balaban J connectivity index is 1.32. The van der Waals surface area contributed by atoms with Gasteiger partial charge in [-0.2, -0.15) is 0 Å². The molecule has 0 unspecified atom stereocenters. The zero-order valence-electron chi connectivity index (χ0n) is 16.7. The van der Waals surface area contributed by atoms with E-state index >= 15 is 0 Å². The monoisotopic (exact) mass is 432 g/mol. The molecule has 0 radical (unpaired) electrons. The second-order valence-corrected chi connectivity index (χ2v) is 7.57. The summed E-state index contributed by atoms with van der Waals surface area (Å²) in [5.74, 6) is 0.803. The molecule has 2 amide bonds. The number of benzene rings is 3. The lowest BCUT2D eigenvalue weighted by atomic mass is 10.1. The van der Waals surface area contributed by atoms with Crippen LogP contribution in [0.2, 0.25) is 0 Å². The summed E-state index contributed by atoms with van der Waals surface area (Å²) in [4.78, 5) is 24.5. The smallest absolute Gasteiger partial charge is 0.329 e. The Hall–Kier alpha value is -3.71. The van der Waals surface area contributed by atoms with Crippen LogP contribution < -0.4 is 14.8 Å². The first kappa shape index (κ1) is 20.6. The number of amides is 2. The minimum Gasteiger partial charge on any atom is -0.486 e. The number of anilines is 1. The summed E-state index contributed by atoms with van der Waals surface area (Å²) in [6.07, 6.45) is -0.137. The summed E-state index contributed by atoms with van der Waals surface area (Å²) in [5, 5.41) is 3.14. The Bertz CT molecular complexity index is 1170. The molecule has 0 spiro atoms. The summed E-state index contributed by atoms with van der Waals surface area (Å²) in [5.41, 5.74) is 2.23. The third-order valence-corrected chi connectivity index (χ3v) is 5.21. The Morgan fingerprint density at radius 2 is 1.71 bits per heavy atom. The molecular weight excluding hydrogens is 412 g/mol. The van der Waals surface area contributed by atoms with E-state index < -0.39 is 6.03 Å². The fourth-order valence-corrected chi connectivity index (χ4v) is 3.46. The van der Waals surface area contributed by atoms with Crippen LogP contribution in [0, 0.1) is 0 Å². The predicted octanol–water partition coefficient (Wildman–Crippen LogP) is 6.18. The molecule has 4 aromatic rings. The van der Waals surface area contributed by atoms with Crippen molar-refractivity contribution < 1.29 is 18.7 Å². The molecule has 31 heavy (non-hydrogen) atoms. The maximum atomic E-state index is 12.3. The van der Waals surface area contributed by atoms with Crippen LogP contribution in [0.25, 0.3) is 11.0 Å². The highest BCUT2D eigenvalue weighted by Gasteiger charge is 2.15. The normalized spacial score (nSPS) is 11.6. The SMILES string of the molecule is C[C@@H](Oc1cccc(NC(=O)NSC(=O)c2cc3ccccc3o2)c1)c1ccccc1. The lowest BCUT2D eigenvalue weighted by Gasteiger charge is -2.16. The molecule has 0 aliphatic heterocycles. The average Bonchev–Trinajstić information content (AvgIpc) is 3.23. The van der Waals surface area contributed by atoms with Crippen molar-refractivity contribution in [2.45, 2.75) is 13.0 Å².